The number of benzene rings is 1. The highest BCUT2D eigenvalue weighted by atomic mass is 19.4. The monoisotopic (exact) mass is 685 g/mol. The van der Waals surface area contributed by atoms with Crippen molar-refractivity contribution in [3.63, 3.8) is 0 Å². The number of hydrogen-bond acceptors (Lipinski definition) is 9. The summed E-state index contributed by atoms with van der Waals surface area (Å²) in [7, 11) is 0. The largest absolute Gasteiger partial charge is 0.507 e. The fourth-order valence-electron chi connectivity index (χ4n) is 7.65. The lowest BCUT2D eigenvalue weighted by atomic mass is 9.53. The molecule has 2 aromatic heterocycles. The number of aromatic hydroxyl groups is 1. The Bertz CT molecular complexity index is 1520. The summed E-state index contributed by atoms with van der Waals surface area (Å²) < 4.78 is 63.5. The first-order valence-electron chi connectivity index (χ1n) is 15.2. The van der Waals surface area contributed by atoms with E-state index in [0.29, 0.717) is 28.8 Å². The zero-order chi connectivity index (χ0) is 34.9. The van der Waals surface area contributed by atoms with E-state index in [1.54, 1.807) is 24.7 Å². The van der Waals surface area contributed by atoms with Crippen molar-refractivity contribution in [2.45, 2.75) is 68.9 Å². The standard InChI is InChI=1S/C26H31N7O.2C2HF3O2/c34-24-8-19(20-12-28-29-13-20)1-2-22(24)23-14-27-25(32-31-23)33-4-3-21(15-33)30-26-9-16-5-17(10-26)7-18(6-16)11-26;2*3-2(4,5)1(6)7/h1-2,8,12-14,16-18,21,30,34H,3-7,9-11,15H2,(H,28,29);2*(H,6,7). The molecule has 3 heterocycles. The molecule has 48 heavy (non-hydrogen) atoms. The molecule has 1 atom stereocenters. The van der Waals surface area contributed by atoms with Crippen molar-refractivity contribution >= 4 is 17.9 Å². The normalized spacial score (nSPS) is 25.9. The van der Waals surface area contributed by atoms with Gasteiger partial charge in [-0.3, -0.25) is 5.10 Å². The van der Waals surface area contributed by atoms with Crippen LogP contribution in [0, 0.1) is 17.8 Å². The summed E-state index contributed by atoms with van der Waals surface area (Å²) in [6, 6.07) is 6.01. The van der Waals surface area contributed by atoms with Crippen LogP contribution in [-0.2, 0) is 9.59 Å². The number of H-pyrrole nitrogens is 1. The molecule has 8 rings (SSSR count). The Morgan fingerprint density at radius 3 is 1.94 bits per heavy atom. The number of carboxylic acid groups (broad SMARTS) is 2. The van der Waals surface area contributed by atoms with E-state index >= 15 is 0 Å². The van der Waals surface area contributed by atoms with Crippen LogP contribution < -0.4 is 10.2 Å². The minimum atomic E-state index is -5.08. The van der Waals surface area contributed by atoms with Crippen molar-refractivity contribution in [2.75, 3.05) is 18.0 Å². The molecule has 4 aliphatic carbocycles. The molecule has 4 bridgehead atoms. The number of hydrogen-bond donors (Lipinski definition) is 5. The number of phenols is 1. The summed E-state index contributed by atoms with van der Waals surface area (Å²) in [6.07, 6.45) is 4.78. The second kappa shape index (κ2) is 13.6. The topological polar surface area (TPSA) is 177 Å². The number of halogens is 6. The lowest BCUT2D eigenvalue weighted by Gasteiger charge is -2.57. The SMILES string of the molecule is O=C(O)C(F)(F)F.O=C(O)C(F)(F)F.Oc1cc(-c2cn[nH]c2)ccc1-c1cnc(N2CCC(NC34CC5CC(CC(C5)C3)C4)C2)nn1. The number of aliphatic carboxylic acids is 2. The quantitative estimate of drug-likeness (QED) is 0.228. The molecule has 3 aromatic rings. The highest BCUT2D eigenvalue weighted by Gasteiger charge is 2.51. The summed E-state index contributed by atoms with van der Waals surface area (Å²) in [5, 5.41) is 44.5. The van der Waals surface area contributed by atoms with E-state index in [2.05, 4.69) is 35.6 Å². The van der Waals surface area contributed by atoms with Gasteiger partial charge in [0.2, 0.25) is 5.95 Å². The Balaban J connectivity index is 0.000000273. The van der Waals surface area contributed by atoms with E-state index in [1.165, 1.54) is 38.5 Å². The van der Waals surface area contributed by atoms with E-state index in [9.17, 15) is 31.4 Å². The molecule has 0 amide bonds. The molecule has 260 valence electrons. The van der Waals surface area contributed by atoms with Crippen LogP contribution in [0.2, 0.25) is 0 Å². The van der Waals surface area contributed by atoms with Crippen LogP contribution in [0.4, 0.5) is 32.3 Å². The van der Waals surface area contributed by atoms with Gasteiger partial charge in [0.05, 0.1) is 12.4 Å². The Labute approximate surface area is 269 Å². The van der Waals surface area contributed by atoms with Gasteiger partial charge in [0.1, 0.15) is 11.4 Å². The first-order chi connectivity index (χ1) is 22.5. The average molecular weight is 686 g/mol. The smallest absolute Gasteiger partial charge is 0.490 e. The predicted molar refractivity (Wildman–Crippen MR) is 157 cm³/mol. The molecule has 5 aliphatic rings. The van der Waals surface area contributed by atoms with Gasteiger partial charge in [0, 0.05) is 42.0 Å². The second-order valence-corrected chi connectivity index (χ2v) is 12.7. The Hall–Kier alpha value is -4.48. The molecule has 1 aliphatic heterocycles. The van der Waals surface area contributed by atoms with Gasteiger partial charge in [-0.2, -0.15) is 31.4 Å². The number of aromatic amines is 1. The van der Waals surface area contributed by atoms with Crippen LogP contribution in [0.15, 0.2) is 36.8 Å². The highest BCUT2D eigenvalue weighted by Crippen LogP contribution is 2.55. The van der Waals surface area contributed by atoms with Crippen molar-refractivity contribution in [1.29, 1.82) is 0 Å². The number of phenolic OH excluding ortho intramolecular Hbond substituents is 1. The number of rotatable bonds is 5. The maximum atomic E-state index is 10.6. The van der Waals surface area contributed by atoms with Gasteiger partial charge in [-0.05, 0) is 80.4 Å². The van der Waals surface area contributed by atoms with E-state index < -0.39 is 24.3 Å². The average Bonchev–Trinajstić information content (AvgIpc) is 3.69. The zero-order valence-corrected chi connectivity index (χ0v) is 25.3. The molecular weight excluding hydrogens is 652 g/mol. The van der Waals surface area contributed by atoms with Crippen LogP contribution in [-0.4, -0.2) is 89.7 Å². The third-order valence-corrected chi connectivity index (χ3v) is 9.16. The van der Waals surface area contributed by atoms with Crippen LogP contribution in [0.25, 0.3) is 22.4 Å². The van der Waals surface area contributed by atoms with Crippen LogP contribution in [0.1, 0.15) is 44.9 Å². The third kappa shape index (κ3) is 8.32. The molecule has 1 aromatic carbocycles. The van der Waals surface area contributed by atoms with Crippen LogP contribution in [0.3, 0.4) is 0 Å². The molecule has 12 nitrogen and oxygen atoms in total. The highest BCUT2D eigenvalue weighted by molar-refractivity contribution is 5.74. The van der Waals surface area contributed by atoms with Crippen molar-refractivity contribution in [3.8, 4) is 28.1 Å². The van der Waals surface area contributed by atoms with Gasteiger partial charge in [-0.1, -0.05) is 6.07 Å². The van der Waals surface area contributed by atoms with Gasteiger partial charge < -0.3 is 25.5 Å². The van der Waals surface area contributed by atoms with E-state index in [-0.39, 0.29) is 5.75 Å². The van der Waals surface area contributed by atoms with Crippen molar-refractivity contribution in [2.24, 2.45) is 17.8 Å². The first kappa shape index (κ1) is 34.8. The third-order valence-electron chi connectivity index (χ3n) is 9.16. The molecule has 4 saturated carbocycles. The summed E-state index contributed by atoms with van der Waals surface area (Å²) in [5.74, 6) is -1.80. The molecule has 0 radical (unpaired) electrons. The Kier molecular flexibility index (Phi) is 9.84. The van der Waals surface area contributed by atoms with Gasteiger partial charge in [0.15, 0.2) is 0 Å². The Morgan fingerprint density at radius 1 is 0.896 bits per heavy atom. The minimum absolute atomic E-state index is 0.156. The zero-order valence-electron chi connectivity index (χ0n) is 25.3. The second-order valence-electron chi connectivity index (χ2n) is 12.7. The van der Waals surface area contributed by atoms with Crippen molar-refractivity contribution in [1.82, 2.24) is 30.7 Å². The summed E-state index contributed by atoms with van der Waals surface area (Å²) in [4.78, 5) is 24.6. The Morgan fingerprint density at radius 2 is 1.48 bits per heavy atom. The van der Waals surface area contributed by atoms with Gasteiger partial charge in [0.25, 0.3) is 0 Å². The first-order valence-corrected chi connectivity index (χ1v) is 15.2. The summed E-state index contributed by atoms with van der Waals surface area (Å²) >= 11 is 0. The van der Waals surface area contributed by atoms with Crippen molar-refractivity contribution in [3.05, 3.63) is 36.8 Å². The van der Waals surface area contributed by atoms with Crippen molar-refractivity contribution < 1.29 is 51.3 Å². The summed E-state index contributed by atoms with van der Waals surface area (Å²) in [6.45, 7) is 1.89. The fourth-order valence-corrected chi connectivity index (χ4v) is 7.65. The minimum Gasteiger partial charge on any atom is -0.507 e. The molecule has 5 N–H and O–H groups in total. The number of carbonyl (C=O) groups is 2. The molecule has 18 heteroatoms. The van der Waals surface area contributed by atoms with E-state index in [1.807, 2.05) is 12.1 Å². The maximum Gasteiger partial charge on any atom is 0.490 e. The summed E-state index contributed by atoms with van der Waals surface area (Å²) in [5.41, 5.74) is 3.40. The molecular formula is C30H33F6N7O5. The van der Waals surface area contributed by atoms with Gasteiger partial charge in [-0.15, -0.1) is 10.2 Å². The number of carboxylic acids is 2. The number of anilines is 1. The van der Waals surface area contributed by atoms with Crippen LogP contribution >= 0.6 is 0 Å². The number of nitrogens with zero attached hydrogens (tertiary/aromatic N) is 5. The number of nitrogens with one attached hydrogen (secondary N) is 2. The lowest BCUT2D eigenvalue weighted by Crippen LogP contribution is -2.61. The maximum absolute atomic E-state index is 10.6. The number of alkyl halides is 6. The van der Waals surface area contributed by atoms with Gasteiger partial charge in [-0.25, -0.2) is 14.6 Å². The molecule has 0 spiro atoms. The predicted octanol–water partition coefficient (Wildman–Crippen LogP) is 5.04. The fraction of sp³-hybridized carbons (Fsp3) is 0.533. The number of aromatic nitrogens is 5. The molecule has 1 saturated heterocycles. The van der Waals surface area contributed by atoms with Gasteiger partial charge >= 0.3 is 24.3 Å². The molecule has 1 unspecified atom stereocenters. The van der Waals surface area contributed by atoms with E-state index in [0.717, 1.165) is 48.4 Å². The van der Waals surface area contributed by atoms with E-state index in [4.69, 9.17) is 19.8 Å². The van der Waals surface area contributed by atoms with Crippen LogP contribution in [0.5, 0.6) is 5.75 Å². The molecule has 5 fully saturated rings. The lowest BCUT2D eigenvalue weighted by molar-refractivity contribution is -0.193.